The Morgan fingerprint density at radius 2 is 0.954 bits per heavy atom. The van der Waals surface area contributed by atoms with Gasteiger partial charge in [0.05, 0.1) is 60.8 Å². The average molecular weight is 1720 g/mol. The first kappa shape index (κ1) is 97.9. The molecule has 0 aliphatic carbocycles. The lowest BCUT2D eigenvalue weighted by Gasteiger charge is -2.36. The minimum atomic E-state index is -5.92. The number of allylic oxidation sites excluding steroid dienone is 1. The number of imidazole rings is 2. The van der Waals surface area contributed by atoms with Crippen molar-refractivity contribution in [3.8, 4) is 0 Å². The van der Waals surface area contributed by atoms with Gasteiger partial charge in [-0.25, -0.2) is 38.5 Å². The van der Waals surface area contributed by atoms with Crippen molar-refractivity contribution in [2.24, 2.45) is 10.8 Å². The first-order valence-electron chi connectivity index (χ1n) is 30.7. The number of amides is 4. The van der Waals surface area contributed by atoms with E-state index in [9.17, 15) is 121 Å². The van der Waals surface area contributed by atoms with Crippen molar-refractivity contribution in [3.05, 3.63) is 37.5 Å². The fraction of sp³-hybridized carbons (Fsp3) is 0.640. The molecule has 2 fully saturated rings. The molecule has 2 aliphatic heterocycles. The van der Waals surface area contributed by atoms with Crippen LogP contribution in [0.15, 0.2) is 37.5 Å². The number of nitrogens with one attached hydrogen (secondary N) is 4. The summed E-state index contributed by atoms with van der Waals surface area (Å²) in [6.07, 6.45) is -13.1. The molecular weight excluding hydrogens is 1640 g/mol. The SMILES string of the molecule is C/C=C/C(=O)SCCNC(=O)CCNC(=O)C(O)C(C)(C)COP(=O)([O-])OP(=O)([O-])OCC1OC(n2cnc3c(N)ncnc32)C(O)C1OP(=O)([O-])[O-].CC(O)CC(=O)SCCNC(=O)CCNC(=O)C(O)C(C)(C)COP(=O)([O-])OP(=O)([O-])OCC1OC(n2cnc3c(N)ncnc32)C(O)C1OP(=O)([O-])[O-].O.O. The smallest absolute Gasteiger partial charge is 0.274 e. The molecule has 59 heteroatoms. The maximum Gasteiger partial charge on any atom is 0.274 e. The monoisotopic (exact) mass is 1720 g/mol. The predicted molar refractivity (Wildman–Crippen MR) is 355 cm³/mol. The number of anilines is 2. The van der Waals surface area contributed by atoms with Gasteiger partial charge in [0.25, 0.3) is 31.3 Å². The molecule has 15 atom stereocenters. The minimum absolute atomic E-state index is 0. The van der Waals surface area contributed by atoms with Gasteiger partial charge in [-0.15, -0.1) is 0 Å². The van der Waals surface area contributed by atoms with E-state index in [1.807, 2.05) is 0 Å². The van der Waals surface area contributed by atoms with Crippen molar-refractivity contribution in [1.82, 2.24) is 60.3 Å². The van der Waals surface area contributed by atoms with Gasteiger partial charge in [-0.1, -0.05) is 57.3 Å². The Kier molecular flexibility index (Phi) is 37.9. The highest BCUT2D eigenvalue weighted by Gasteiger charge is 2.49. The summed E-state index contributed by atoms with van der Waals surface area (Å²) in [5.74, 6) is -2.60. The number of aliphatic hydroxyl groups excluding tert-OH is 5. The van der Waals surface area contributed by atoms with Crippen LogP contribution in [0.5, 0.6) is 0 Å². The Morgan fingerprint density at radius 3 is 1.31 bits per heavy atom. The summed E-state index contributed by atoms with van der Waals surface area (Å²) in [7, 11) is -35.2. The number of hydrogen-bond donors (Lipinski definition) is 11. The molecule has 4 amide bonds. The van der Waals surface area contributed by atoms with Crippen molar-refractivity contribution in [2.75, 3.05) is 75.6 Å². The number of phosphoric acid groups is 6. The third kappa shape index (κ3) is 31.6. The molecule has 0 radical (unpaired) electrons. The summed E-state index contributed by atoms with van der Waals surface area (Å²) < 4.78 is 121. The Labute approximate surface area is 625 Å². The lowest BCUT2D eigenvalue weighted by atomic mass is 9.87. The number of aliphatic hydroxyl groups is 5. The first-order valence-corrected chi connectivity index (χ1v) is 41.5. The molecule has 0 bridgehead atoms. The van der Waals surface area contributed by atoms with E-state index in [1.54, 1.807) is 13.0 Å². The summed E-state index contributed by atoms with van der Waals surface area (Å²) in [5.41, 5.74) is 8.10. The Bertz CT molecular complexity index is 4080. The van der Waals surface area contributed by atoms with Crippen LogP contribution in [0.3, 0.4) is 0 Å². The largest absolute Gasteiger partial charge is 0.790 e. The van der Waals surface area contributed by atoms with Crippen LogP contribution in [0.1, 0.15) is 73.3 Å². The summed E-state index contributed by atoms with van der Waals surface area (Å²) in [6.45, 7) is 3.19. The molecular formula is C50H78N14O37P6S2-8. The van der Waals surface area contributed by atoms with Gasteiger partial charge in [-0.05, 0) is 19.9 Å². The van der Waals surface area contributed by atoms with Crippen LogP contribution in [-0.2, 0) is 101 Å². The summed E-state index contributed by atoms with van der Waals surface area (Å²) in [6, 6.07) is 0. The van der Waals surface area contributed by atoms with Gasteiger partial charge in [0, 0.05) is 67.8 Å². The van der Waals surface area contributed by atoms with E-state index < -0.39 is 175 Å². The molecule has 6 heterocycles. The fourth-order valence-electron chi connectivity index (χ4n) is 9.02. The maximum absolute atomic E-state index is 12.5. The molecule has 51 nitrogen and oxygen atoms in total. The summed E-state index contributed by atoms with van der Waals surface area (Å²) in [5, 5.41) is 60.9. The van der Waals surface area contributed by atoms with E-state index in [2.05, 4.69) is 86.9 Å². The molecule has 17 N–H and O–H groups in total. The fourth-order valence-corrected chi connectivity index (χ4v) is 15.9. The first-order chi connectivity index (χ1) is 49.5. The van der Waals surface area contributed by atoms with E-state index in [1.165, 1.54) is 40.7 Å². The number of aromatic nitrogens is 8. The number of nitrogen functional groups attached to an aromatic ring is 2. The lowest BCUT2D eigenvalue weighted by Crippen LogP contribution is -2.46. The molecule has 0 aromatic carbocycles. The minimum Gasteiger partial charge on any atom is -0.790 e. The van der Waals surface area contributed by atoms with Crippen LogP contribution < -0.4 is 71.9 Å². The number of carbonyl (C=O) groups is 6. The van der Waals surface area contributed by atoms with Gasteiger partial charge >= 0.3 is 0 Å². The number of nitrogens with zero attached hydrogens (tertiary/aromatic N) is 8. The summed E-state index contributed by atoms with van der Waals surface area (Å²) in [4.78, 5) is 190. The van der Waals surface area contributed by atoms with Crippen LogP contribution in [0.2, 0.25) is 0 Å². The van der Waals surface area contributed by atoms with Gasteiger partial charge in [0.2, 0.25) is 28.7 Å². The molecule has 6 rings (SSSR count). The molecule has 4 aromatic heterocycles. The highest BCUT2D eigenvalue weighted by molar-refractivity contribution is 8.14. The van der Waals surface area contributed by atoms with E-state index in [-0.39, 0.29) is 106 Å². The number of phosphoric ester groups is 6. The number of thioether (sulfide) groups is 2. The molecule has 109 heavy (non-hydrogen) atoms. The quantitative estimate of drug-likeness (QED) is 0.0112. The normalized spacial score (nSPS) is 22.1. The summed E-state index contributed by atoms with van der Waals surface area (Å²) >= 11 is 1.92. The van der Waals surface area contributed by atoms with Crippen molar-refractivity contribution in [3.63, 3.8) is 0 Å². The van der Waals surface area contributed by atoms with Crippen LogP contribution in [0, 0.1) is 10.8 Å². The highest BCUT2D eigenvalue weighted by Crippen LogP contribution is 2.58. The molecule has 4 aromatic rings. The van der Waals surface area contributed by atoms with Crippen molar-refractivity contribution in [2.45, 2.75) is 128 Å². The number of ether oxygens (including phenoxy) is 2. The van der Waals surface area contributed by atoms with Gasteiger partial charge in [-0.2, -0.15) is 0 Å². The van der Waals surface area contributed by atoms with E-state index in [0.717, 1.165) is 58.0 Å². The van der Waals surface area contributed by atoms with Crippen LogP contribution in [0.4, 0.5) is 11.6 Å². The Balaban J connectivity index is 0.000000555. The lowest BCUT2D eigenvalue weighted by molar-refractivity contribution is -0.348. The second-order valence-corrected chi connectivity index (χ2v) is 34.3. The van der Waals surface area contributed by atoms with E-state index >= 15 is 0 Å². The third-order valence-corrected chi connectivity index (χ3v) is 22.0. The molecule has 2 aliphatic rings. The molecule has 15 unspecified atom stereocenters. The number of rotatable bonds is 41. The number of nitrogens with two attached hydrogens (primary N) is 2. The van der Waals surface area contributed by atoms with Crippen molar-refractivity contribution >= 4 is 138 Å². The number of hydrogen-bond acceptors (Lipinski definition) is 45. The highest BCUT2D eigenvalue weighted by atomic mass is 32.2. The zero-order chi connectivity index (χ0) is 80.4. The second-order valence-electron chi connectivity index (χ2n) is 23.9. The maximum atomic E-state index is 12.5. The Hall–Kier alpha value is -5.26. The average Bonchev–Trinajstić information content (AvgIpc) is 1.62. The number of carbonyl (C=O) groups excluding carboxylic acids is 6. The third-order valence-electron chi connectivity index (χ3n) is 14.2. The van der Waals surface area contributed by atoms with Crippen molar-refractivity contribution in [1.29, 1.82) is 0 Å². The molecule has 620 valence electrons. The van der Waals surface area contributed by atoms with Gasteiger partial charge in [-0.3, -0.25) is 56.2 Å². The molecule has 2 saturated heterocycles. The zero-order valence-electron chi connectivity index (χ0n) is 57.7. The number of fused-ring (bicyclic) bond motifs is 2. The topological polar surface area (TPSA) is 833 Å². The Morgan fingerprint density at radius 1 is 0.587 bits per heavy atom. The van der Waals surface area contributed by atoms with Crippen LogP contribution >= 0.6 is 70.5 Å². The van der Waals surface area contributed by atoms with E-state index in [0.29, 0.717) is 5.75 Å². The van der Waals surface area contributed by atoms with Crippen LogP contribution in [-0.4, -0.2) is 228 Å². The zero-order valence-corrected chi connectivity index (χ0v) is 64.7. The standard InChI is InChI=1S/C25H42N7O18P3S.C25H40N7O17P3S.2H2O/c1-13(33)8-16(35)54-7-6-27-15(34)4-5-28-23(38)20(37)25(2,3)10-47-53(44,45)50-52(42,43)46-9-14-19(49-51(39,40)41)18(36)24(48-14)32-12-31-17-21(26)29-11-30-22(17)32;1-4-5-16(34)53-9-8-27-15(33)6-7-28-23(37)20(36)25(2,3)11-46-52(43,44)49-51(41,42)45-10-14-19(48-50(38,39)40)18(35)24(47-14)32-13-31-17-21(26)29-12-30-22(17)32;;/h11-14,18-20,24,33,36-37H,4-10H2,1-3H3,(H,27,34)(H,28,38)(H,42,43)(H,44,45)(H2,26,29,30)(H2,39,40,41);4-5,12-14,18-20,24,35-36H,6-11H2,1-3H3,(H,27,33)(H,28,37)(H,41,42)(H,43,44)(H2,26,29,30)(H2,38,39,40);2*1H2/p-8/b;5-4+;;. The molecule has 0 spiro atoms. The van der Waals surface area contributed by atoms with Gasteiger partial charge in [0.15, 0.2) is 40.5 Å². The van der Waals surface area contributed by atoms with Crippen LogP contribution in [0.25, 0.3) is 22.3 Å². The van der Waals surface area contributed by atoms with Crippen molar-refractivity contribution < 1.29 is 177 Å². The van der Waals surface area contributed by atoms with Gasteiger partial charge < -0.3 is 154 Å². The predicted octanol–water partition coefficient (Wildman–Crippen LogP) is -9.03. The second kappa shape index (κ2) is 42.2. The van der Waals surface area contributed by atoms with Gasteiger partial charge in [0.1, 0.15) is 72.5 Å². The van der Waals surface area contributed by atoms with E-state index in [4.69, 9.17) is 20.9 Å². The molecule has 0 saturated carbocycles.